The molecule has 0 heterocycles. The monoisotopic (exact) mass is 402 g/mol. The number of anilines is 2. The minimum Gasteiger partial charge on any atom is -0.491 e. The molecule has 0 aliphatic rings. The van der Waals surface area contributed by atoms with Crippen molar-refractivity contribution < 1.29 is 9.53 Å². The van der Waals surface area contributed by atoms with Gasteiger partial charge in [-0.3, -0.25) is 4.79 Å². The number of aryl methyl sites for hydroxylation is 4. The Morgan fingerprint density at radius 1 is 0.900 bits per heavy atom. The van der Waals surface area contributed by atoms with Gasteiger partial charge in [0.2, 0.25) is 5.91 Å². The standard InChI is InChI=1S/C26H30N2O2/c1-19-16-20(2)26(21(3)17-19)27-18-25(29)28-23-13-7-8-14-24(23)30-15-9-12-22-10-5-4-6-11-22/h4-8,10-11,13-14,16-17,27H,9,12,15,18H2,1-3H3,(H,28,29). The summed E-state index contributed by atoms with van der Waals surface area (Å²) in [6.45, 7) is 6.99. The molecule has 3 aromatic carbocycles. The summed E-state index contributed by atoms with van der Waals surface area (Å²) in [5, 5.41) is 6.23. The fraction of sp³-hybridized carbons (Fsp3) is 0.269. The van der Waals surface area contributed by atoms with Crippen molar-refractivity contribution in [3.8, 4) is 5.75 Å². The van der Waals surface area contributed by atoms with Crippen LogP contribution >= 0.6 is 0 Å². The quantitative estimate of drug-likeness (QED) is 0.453. The normalized spacial score (nSPS) is 10.5. The average Bonchev–Trinajstić information content (AvgIpc) is 2.72. The SMILES string of the molecule is Cc1cc(C)c(NCC(=O)Nc2ccccc2OCCCc2ccccc2)c(C)c1. The summed E-state index contributed by atoms with van der Waals surface area (Å²) in [6, 6.07) is 22.2. The fourth-order valence-electron chi connectivity index (χ4n) is 3.62. The highest BCUT2D eigenvalue weighted by Gasteiger charge is 2.10. The number of rotatable bonds is 9. The van der Waals surface area contributed by atoms with E-state index in [0.29, 0.717) is 18.0 Å². The third kappa shape index (κ3) is 6.11. The maximum absolute atomic E-state index is 12.5. The molecule has 3 aromatic rings. The lowest BCUT2D eigenvalue weighted by Gasteiger charge is -2.15. The van der Waals surface area contributed by atoms with Crippen LogP contribution in [-0.2, 0) is 11.2 Å². The van der Waals surface area contributed by atoms with Gasteiger partial charge in [0, 0.05) is 5.69 Å². The molecule has 4 nitrogen and oxygen atoms in total. The number of carbonyl (C=O) groups is 1. The van der Waals surface area contributed by atoms with Crippen LogP contribution in [0.4, 0.5) is 11.4 Å². The zero-order valence-electron chi connectivity index (χ0n) is 18.0. The summed E-state index contributed by atoms with van der Waals surface area (Å²) in [5.41, 5.74) is 6.52. The Kier molecular flexibility index (Phi) is 7.50. The molecule has 0 unspecified atom stereocenters. The van der Waals surface area contributed by atoms with E-state index in [1.54, 1.807) is 0 Å². The number of hydrogen-bond donors (Lipinski definition) is 2. The van der Waals surface area contributed by atoms with Gasteiger partial charge in [0.15, 0.2) is 0 Å². The number of para-hydroxylation sites is 2. The molecule has 0 aliphatic carbocycles. The predicted molar refractivity (Wildman–Crippen MR) is 124 cm³/mol. The largest absolute Gasteiger partial charge is 0.491 e. The van der Waals surface area contributed by atoms with Crippen molar-refractivity contribution in [2.24, 2.45) is 0 Å². The summed E-state index contributed by atoms with van der Waals surface area (Å²) in [5.74, 6) is 0.594. The van der Waals surface area contributed by atoms with E-state index in [-0.39, 0.29) is 12.5 Å². The molecule has 0 saturated heterocycles. The Labute approximate surface area is 179 Å². The van der Waals surface area contributed by atoms with Crippen molar-refractivity contribution >= 4 is 17.3 Å². The first kappa shape index (κ1) is 21.4. The van der Waals surface area contributed by atoms with Gasteiger partial charge in [-0.2, -0.15) is 0 Å². The lowest BCUT2D eigenvalue weighted by atomic mass is 10.1. The molecule has 0 atom stereocenters. The van der Waals surface area contributed by atoms with E-state index in [9.17, 15) is 4.79 Å². The number of nitrogens with one attached hydrogen (secondary N) is 2. The number of hydrogen-bond acceptors (Lipinski definition) is 3. The number of amides is 1. The lowest BCUT2D eigenvalue weighted by molar-refractivity contribution is -0.114. The number of carbonyl (C=O) groups excluding carboxylic acids is 1. The van der Waals surface area contributed by atoms with E-state index in [1.165, 1.54) is 11.1 Å². The molecule has 0 bridgehead atoms. The maximum Gasteiger partial charge on any atom is 0.243 e. The first-order valence-corrected chi connectivity index (χ1v) is 10.4. The van der Waals surface area contributed by atoms with Crippen LogP contribution < -0.4 is 15.4 Å². The zero-order valence-corrected chi connectivity index (χ0v) is 18.0. The number of ether oxygens (including phenoxy) is 1. The molecule has 0 radical (unpaired) electrons. The van der Waals surface area contributed by atoms with Gasteiger partial charge in [-0.05, 0) is 62.4 Å². The van der Waals surface area contributed by atoms with Crippen LogP contribution in [0.2, 0.25) is 0 Å². The molecular formula is C26H30N2O2. The second-order valence-corrected chi connectivity index (χ2v) is 7.61. The van der Waals surface area contributed by atoms with E-state index in [2.05, 4.69) is 67.8 Å². The summed E-state index contributed by atoms with van der Waals surface area (Å²) in [7, 11) is 0. The second kappa shape index (κ2) is 10.5. The van der Waals surface area contributed by atoms with E-state index in [0.717, 1.165) is 29.7 Å². The molecule has 156 valence electrons. The van der Waals surface area contributed by atoms with Crippen LogP contribution in [0.15, 0.2) is 66.7 Å². The van der Waals surface area contributed by atoms with Crippen LogP contribution in [0.1, 0.15) is 28.7 Å². The van der Waals surface area contributed by atoms with Gasteiger partial charge in [0.05, 0.1) is 18.8 Å². The lowest BCUT2D eigenvalue weighted by Crippen LogP contribution is -2.22. The molecule has 0 spiro atoms. The summed E-state index contributed by atoms with van der Waals surface area (Å²) >= 11 is 0. The Bertz CT molecular complexity index is 960. The molecule has 0 aromatic heterocycles. The highest BCUT2D eigenvalue weighted by atomic mass is 16.5. The molecule has 1 amide bonds. The summed E-state index contributed by atoms with van der Waals surface area (Å²) in [4.78, 5) is 12.5. The van der Waals surface area contributed by atoms with Gasteiger partial charge in [-0.25, -0.2) is 0 Å². The van der Waals surface area contributed by atoms with E-state index in [1.807, 2.05) is 30.3 Å². The third-order valence-electron chi connectivity index (χ3n) is 4.97. The Hall–Kier alpha value is -3.27. The van der Waals surface area contributed by atoms with E-state index >= 15 is 0 Å². The van der Waals surface area contributed by atoms with Crippen molar-refractivity contribution in [3.63, 3.8) is 0 Å². The van der Waals surface area contributed by atoms with E-state index in [4.69, 9.17) is 4.74 Å². The van der Waals surface area contributed by atoms with Gasteiger partial charge >= 0.3 is 0 Å². The van der Waals surface area contributed by atoms with Crippen LogP contribution in [-0.4, -0.2) is 19.1 Å². The minimum atomic E-state index is -0.102. The summed E-state index contributed by atoms with van der Waals surface area (Å²) < 4.78 is 5.94. The highest BCUT2D eigenvalue weighted by molar-refractivity contribution is 5.95. The van der Waals surface area contributed by atoms with Crippen LogP contribution in [0.25, 0.3) is 0 Å². The molecule has 4 heteroatoms. The maximum atomic E-state index is 12.5. The van der Waals surface area contributed by atoms with Gasteiger partial charge in [-0.1, -0.05) is 60.2 Å². The zero-order chi connectivity index (χ0) is 21.3. The summed E-state index contributed by atoms with van der Waals surface area (Å²) in [6.07, 6.45) is 1.88. The molecule has 0 aliphatic heterocycles. The second-order valence-electron chi connectivity index (χ2n) is 7.61. The molecule has 0 fully saturated rings. The Morgan fingerprint density at radius 3 is 2.30 bits per heavy atom. The van der Waals surface area contributed by atoms with Crippen LogP contribution in [0.3, 0.4) is 0 Å². The van der Waals surface area contributed by atoms with Gasteiger partial charge in [0.1, 0.15) is 5.75 Å². The fourth-order valence-corrected chi connectivity index (χ4v) is 3.62. The highest BCUT2D eigenvalue weighted by Crippen LogP contribution is 2.25. The predicted octanol–water partition coefficient (Wildman–Crippen LogP) is 5.67. The molecule has 3 rings (SSSR count). The van der Waals surface area contributed by atoms with Gasteiger partial charge in [-0.15, -0.1) is 0 Å². The third-order valence-corrected chi connectivity index (χ3v) is 4.97. The molecule has 2 N–H and O–H groups in total. The first-order chi connectivity index (χ1) is 14.5. The smallest absolute Gasteiger partial charge is 0.243 e. The van der Waals surface area contributed by atoms with Crippen molar-refractivity contribution in [3.05, 3.63) is 89.0 Å². The van der Waals surface area contributed by atoms with Crippen LogP contribution in [0, 0.1) is 20.8 Å². The molecular weight excluding hydrogens is 372 g/mol. The first-order valence-electron chi connectivity index (χ1n) is 10.4. The van der Waals surface area contributed by atoms with Crippen molar-refractivity contribution in [1.82, 2.24) is 0 Å². The Balaban J connectivity index is 1.52. The van der Waals surface area contributed by atoms with Crippen molar-refractivity contribution in [2.45, 2.75) is 33.6 Å². The minimum absolute atomic E-state index is 0.102. The molecule has 0 saturated carbocycles. The van der Waals surface area contributed by atoms with E-state index < -0.39 is 0 Å². The molecule has 30 heavy (non-hydrogen) atoms. The Morgan fingerprint density at radius 2 is 1.57 bits per heavy atom. The van der Waals surface area contributed by atoms with Crippen molar-refractivity contribution in [2.75, 3.05) is 23.8 Å². The van der Waals surface area contributed by atoms with Gasteiger partial charge < -0.3 is 15.4 Å². The number of benzene rings is 3. The average molecular weight is 403 g/mol. The van der Waals surface area contributed by atoms with Gasteiger partial charge in [0.25, 0.3) is 0 Å². The topological polar surface area (TPSA) is 50.4 Å². The van der Waals surface area contributed by atoms with Crippen LogP contribution in [0.5, 0.6) is 5.75 Å². The van der Waals surface area contributed by atoms with Crippen molar-refractivity contribution in [1.29, 1.82) is 0 Å².